The molecule has 0 aliphatic rings. The van der Waals surface area contributed by atoms with Crippen molar-refractivity contribution in [2.75, 3.05) is 6.61 Å². The van der Waals surface area contributed by atoms with Crippen molar-refractivity contribution in [3.05, 3.63) is 53.2 Å². The molecule has 0 fully saturated rings. The number of hydrogen-bond acceptors (Lipinski definition) is 4. The van der Waals surface area contributed by atoms with Crippen molar-refractivity contribution in [3.8, 4) is 11.6 Å². The fourth-order valence-corrected chi connectivity index (χ4v) is 1.83. The van der Waals surface area contributed by atoms with E-state index in [4.69, 9.17) is 15.6 Å². The highest BCUT2D eigenvalue weighted by atomic mass is 16.5. The van der Waals surface area contributed by atoms with Crippen LogP contribution in [0.1, 0.15) is 21.6 Å². The smallest absolute Gasteiger partial charge is 0.254 e. The van der Waals surface area contributed by atoms with E-state index in [1.165, 1.54) is 0 Å². The van der Waals surface area contributed by atoms with Crippen LogP contribution in [0.15, 0.2) is 36.4 Å². The minimum atomic E-state index is -0.591. The number of carbonyl (C=O) groups is 1. The lowest BCUT2D eigenvalue weighted by Crippen LogP contribution is -2.13. The van der Waals surface area contributed by atoms with E-state index in [0.717, 1.165) is 11.3 Å². The lowest BCUT2D eigenvalue weighted by molar-refractivity contribution is 0.0997. The second-order valence-corrected chi connectivity index (χ2v) is 4.35. The van der Waals surface area contributed by atoms with Gasteiger partial charge >= 0.3 is 0 Å². The molecule has 0 saturated heterocycles. The number of nitrogens with two attached hydrogens (primary N) is 1. The van der Waals surface area contributed by atoms with Crippen LogP contribution in [0.3, 0.4) is 0 Å². The minimum absolute atomic E-state index is 0.0182. The summed E-state index contributed by atoms with van der Waals surface area (Å²) in [5, 5.41) is 9.05. The minimum Gasteiger partial charge on any atom is -0.438 e. The summed E-state index contributed by atoms with van der Waals surface area (Å²) < 4.78 is 5.71. The second-order valence-electron chi connectivity index (χ2n) is 4.35. The van der Waals surface area contributed by atoms with Crippen molar-refractivity contribution in [2.24, 2.45) is 5.73 Å². The first-order chi connectivity index (χ1) is 9.61. The first-order valence-electron chi connectivity index (χ1n) is 6.26. The fraction of sp³-hybridized carbons (Fsp3) is 0.200. The number of rotatable bonds is 5. The van der Waals surface area contributed by atoms with Gasteiger partial charge in [-0.1, -0.05) is 18.2 Å². The molecule has 1 heterocycles. The fourth-order valence-electron chi connectivity index (χ4n) is 1.83. The van der Waals surface area contributed by atoms with Crippen LogP contribution in [0, 0.1) is 6.92 Å². The SMILES string of the molecule is Cc1ccc(C(N)=O)c(Oc2ccccc2CCO)n1. The number of amides is 1. The third-order valence-corrected chi connectivity index (χ3v) is 2.83. The Balaban J connectivity index is 2.39. The molecule has 20 heavy (non-hydrogen) atoms. The molecule has 2 rings (SSSR count). The molecule has 1 aromatic heterocycles. The van der Waals surface area contributed by atoms with Crippen LogP contribution in [0.5, 0.6) is 11.6 Å². The number of carbonyl (C=O) groups excluding carboxylic acids is 1. The highest BCUT2D eigenvalue weighted by molar-refractivity contribution is 5.95. The van der Waals surface area contributed by atoms with Crippen molar-refractivity contribution < 1.29 is 14.6 Å². The van der Waals surface area contributed by atoms with E-state index in [9.17, 15) is 4.79 Å². The van der Waals surface area contributed by atoms with Gasteiger partial charge in [0, 0.05) is 12.3 Å². The molecule has 2 aromatic rings. The Morgan fingerprint density at radius 3 is 2.75 bits per heavy atom. The van der Waals surface area contributed by atoms with Gasteiger partial charge in [-0.15, -0.1) is 0 Å². The molecule has 0 atom stereocenters. The number of aromatic nitrogens is 1. The van der Waals surface area contributed by atoms with E-state index in [0.29, 0.717) is 12.2 Å². The first-order valence-corrected chi connectivity index (χ1v) is 6.26. The molecule has 0 aliphatic heterocycles. The standard InChI is InChI=1S/C15H16N2O3/c1-10-6-7-12(14(16)19)15(17-10)20-13-5-3-2-4-11(13)8-9-18/h2-7,18H,8-9H2,1H3,(H2,16,19). The highest BCUT2D eigenvalue weighted by Crippen LogP contribution is 2.27. The Morgan fingerprint density at radius 1 is 1.30 bits per heavy atom. The van der Waals surface area contributed by atoms with Gasteiger partial charge in [0.05, 0.1) is 0 Å². The van der Waals surface area contributed by atoms with Crippen LogP contribution in [0.4, 0.5) is 0 Å². The van der Waals surface area contributed by atoms with E-state index in [2.05, 4.69) is 4.98 Å². The molecule has 104 valence electrons. The largest absolute Gasteiger partial charge is 0.438 e. The molecule has 1 amide bonds. The summed E-state index contributed by atoms with van der Waals surface area (Å²) in [5.41, 5.74) is 7.11. The van der Waals surface area contributed by atoms with Gasteiger partial charge in [0.1, 0.15) is 11.3 Å². The lowest BCUT2D eigenvalue weighted by Gasteiger charge is -2.12. The van der Waals surface area contributed by atoms with E-state index >= 15 is 0 Å². The van der Waals surface area contributed by atoms with Gasteiger partial charge in [-0.25, -0.2) is 4.98 Å². The monoisotopic (exact) mass is 272 g/mol. The zero-order chi connectivity index (χ0) is 14.5. The lowest BCUT2D eigenvalue weighted by atomic mass is 10.1. The summed E-state index contributed by atoms with van der Waals surface area (Å²) in [5.74, 6) is 0.150. The Bertz CT molecular complexity index is 626. The Morgan fingerprint density at radius 2 is 2.05 bits per heavy atom. The maximum absolute atomic E-state index is 11.4. The summed E-state index contributed by atoms with van der Waals surface area (Å²) >= 11 is 0. The first kappa shape index (κ1) is 14.0. The van der Waals surface area contributed by atoms with Crippen molar-refractivity contribution in [3.63, 3.8) is 0 Å². The molecule has 5 heteroatoms. The van der Waals surface area contributed by atoms with Crippen LogP contribution in [-0.4, -0.2) is 22.6 Å². The van der Waals surface area contributed by atoms with Gasteiger partial charge in [-0.3, -0.25) is 4.79 Å². The quantitative estimate of drug-likeness (QED) is 0.869. The van der Waals surface area contributed by atoms with E-state index < -0.39 is 5.91 Å². The maximum Gasteiger partial charge on any atom is 0.254 e. The topological polar surface area (TPSA) is 85.4 Å². The molecule has 0 aliphatic carbocycles. The summed E-state index contributed by atoms with van der Waals surface area (Å²) in [6.07, 6.45) is 0.466. The number of benzene rings is 1. The summed E-state index contributed by atoms with van der Waals surface area (Å²) in [6.45, 7) is 1.82. The Kier molecular flexibility index (Phi) is 4.32. The van der Waals surface area contributed by atoms with E-state index in [-0.39, 0.29) is 18.1 Å². The molecule has 0 unspecified atom stereocenters. The predicted molar refractivity (Wildman–Crippen MR) is 74.8 cm³/mol. The number of primary amides is 1. The normalized spacial score (nSPS) is 10.3. The molecule has 0 saturated carbocycles. The van der Waals surface area contributed by atoms with Crippen molar-refractivity contribution in [1.82, 2.24) is 4.98 Å². The van der Waals surface area contributed by atoms with Gasteiger partial charge in [0.25, 0.3) is 5.91 Å². The number of pyridine rings is 1. The van der Waals surface area contributed by atoms with Gasteiger partial charge in [0.15, 0.2) is 0 Å². The van der Waals surface area contributed by atoms with Crippen LogP contribution in [-0.2, 0) is 6.42 Å². The number of para-hydroxylation sites is 1. The zero-order valence-corrected chi connectivity index (χ0v) is 11.2. The molecule has 0 radical (unpaired) electrons. The van der Waals surface area contributed by atoms with Crippen molar-refractivity contribution >= 4 is 5.91 Å². The predicted octanol–water partition coefficient (Wildman–Crippen LogP) is 1.82. The Hall–Kier alpha value is -2.40. The van der Waals surface area contributed by atoms with Gasteiger partial charge < -0.3 is 15.6 Å². The highest BCUT2D eigenvalue weighted by Gasteiger charge is 2.13. The number of hydrogen-bond donors (Lipinski definition) is 2. The van der Waals surface area contributed by atoms with Crippen molar-refractivity contribution in [1.29, 1.82) is 0 Å². The van der Waals surface area contributed by atoms with Gasteiger partial charge in [0.2, 0.25) is 5.88 Å². The third kappa shape index (κ3) is 3.13. The number of aliphatic hydroxyl groups excluding tert-OH is 1. The molecule has 5 nitrogen and oxygen atoms in total. The summed E-state index contributed by atoms with van der Waals surface area (Å²) in [4.78, 5) is 15.6. The average Bonchev–Trinajstić information content (AvgIpc) is 2.41. The zero-order valence-electron chi connectivity index (χ0n) is 11.2. The molecular weight excluding hydrogens is 256 g/mol. The number of nitrogens with zero attached hydrogens (tertiary/aromatic N) is 1. The second kappa shape index (κ2) is 6.16. The van der Waals surface area contributed by atoms with Gasteiger partial charge in [-0.05, 0) is 37.1 Å². The summed E-state index contributed by atoms with van der Waals surface area (Å²) in [7, 11) is 0. The van der Waals surface area contributed by atoms with Crippen LogP contribution in [0.25, 0.3) is 0 Å². The number of ether oxygens (including phenoxy) is 1. The van der Waals surface area contributed by atoms with Gasteiger partial charge in [-0.2, -0.15) is 0 Å². The van der Waals surface area contributed by atoms with Crippen molar-refractivity contribution in [2.45, 2.75) is 13.3 Å². The van der Waals surface area contributed by atoms with Crippen LogP contribution >= 0.6 is 0 Å². The molecule has 0 spiro atoms. The van der Waals surface area contributed by atoms with E-state index in [1.807, 2.05) is 18.2 Å². The molecule has 3 N–H and O–H groups in total. The third-order valence-electron chi connectivity index (χ3n) is 2.83. The average molecular weight is 272 g/mol. The maximum atomic E-state index is 11.4. The van der Waals surface area contributed by atoms with E-state index in [1.54, 1.807) is 25.1 Å². The number of aliphatic hydroxyl groups is 1. The number of aryl methyl sites for hydroxylation is 1. The molecular formula is C15H16N2O3. The molecule has 1 aromatic carbocycles. The Labute approximate surface area is 117 Å². The van der Waals surface area contributed by atoms with Crippen LogP contribution in [0.2, 0.25) is 0 Å². The van der Waals surface area contributed by atoms with Crippen LogP contribution < -0.4 is 10.5 Å². The molecule has 0 bridgehead atoms. The summed E-state index contributed by atoms with van der Waals surface area (Å²) in [6, 6.07) is 10.6.